The predicted octanol–water partition coefficient (Wildman–Crippen LogP) is 3.81. The van der Waals surface area contributed by atoms with Crippen LogP contribution in [0.15, 0.2) is 17.0 Å². The molecule has 1 aromatic rings. The molecule has 15 heavy (non-hydrogen) atoms. The molecule has 1 unspecified atom stereocenters. The Morgan fingerprint density at radius 2 is 2.07 bits per heavy atom. The molecule has 0 aromatic heterocycles. The summed E-state index contributed by atoms with van der Waals surface area (Å²) >= 11 is 10.3. The van der Waals surface area contributed by atoms with Crippen LogP contribution in [0.5, 0.6) is 5.75 Å². The lowest BCUT2D eigenvalue weighted by Gasteiger charge is -2.26. The van der Waals surface area contributed by atoms with Crippen LogP contribution in [0.25, 0.3) is 0 Å². The zero-order valence-electron chi connectivity index (χ0n) is 8.97. The van der Waals surface area contributed by atoms with Gasteiger partial charge in [0.1, 0.15) is 0 Å². The smallest absolute Gasteiger partial charge is 0.175 e. The van der Waals surface area contributed by atoms with E-state index in [0.29, 0.717) is 9.92 Å². The highest BCUT2D eigenvalue weighted by Gasteiger charge is 2.33. The maximum atomic E-state index is 5.97. The second-order valence-electron chi connectivity index (χ2n) is 4.78. The molecule has 0 fully saturated rings. The molecule has 0 aliphatic carbocycles. The molecule has 0 amide bonds. The molecule has 4 heteroatoms. The fraction of sp³-hybridized carbons (Fsp3) is 0.455. The van der Waals surface area contributed by atoms with Gasteiger partial charge in [0.2, 0.25) is 0 Å². The average Bonchev–Trinajstić information content (AvgIpc) is 2.55. The molecule has 1 aliphatic heterocycles. The summed E-state index contributed by atoms with van der Waals surface area (Å²) in [6.45, 7) is 6.36. The van der Waals surface area contributed by atoms with Crippen LogP contribution >= 0.6 is 24.2 Å². The topological polar surface area (TPSA) is 21.3 Å². The molecule has 1 aromatic carbocycles. The summed E-state index contributed by atoms with van der Waals surface area (Å²) in [6, 6.07) is 3.74. The first-order valence-corrected chi connectivity index (χ1v) is 5.67. The Balaban J connectivity index is 2.36. The van der Waals surface area contributed by atoms with Crippen molar-refractivity contribution in [1.82, 2.24) is 0 Å². The largest absolute Gasteiger partial charge is 0.467 e. The quantitative estimate of drug-likeness (QED) is 0.677. The number of ether oxygens (including phenoxy) is 1. The van der Waals surface area contributed by atoms with E-state index in [1.807, 2.05) is 12.1 Å². The Bertz CT molecular complexity index is 400. The second-order valence-corrected chi connectivity index (χ2v) is 5.64. The van der Waals surface area contributed by atoms with Crippen LogP contribution in [0.4, 0.5) is 5.69 Å². The summed E-state index contributed by atoms with van der Waals surface area (Å²) in [5.41, 5.74) is 0.996. The number of fused-ring (bicyclic) bond motifs is 1. The number of halogens is 1. The summed E-state index contributed by atoms with van der Waals surface area (Å²) in [7, 11) is 0. The number of hydrogen-bond acceptors (Lipinski definition) is 3. The molecule has 2 rings (SSSR count). The number of anilines is 1. The molecule has 82 valence electrons. The van der Waals surface area contributed by atoms with Gasteiger partial charge in [0, 0.05) is 5.41 Å². The standard InChI is InChI=1S/C11H14ClNOS/c1-11(2,3)10-13-7-5-4-6(12)9(15)8(7)14-10/h4-5,10,13,15H,1-3H3. The Morgan fingerprint density at radius 3 is 2.67 bits per heavy atom. The van der Waals surface area contributed by atoms with E-state index in [-0.39, 0.29) is 11.6 Å². The monoisotopic (exact) mass is 243 g/mol. The lowest BCUT2D eigenvalue weighted by Crippen LogP contribution is -2.35. The van der Waals surface area contributed by atoms with E-state index in [2.05, 4.69) is 38.7 Å². The number of nitrogens with one attached hydrogen (secondary N) is 1. The van der Waals surface area contributed by atoms with Crippen molar-refractivity contribution >= 4 is 29.9 Å². The molecular formula is C11H14ClNOS. The highest BCUT2D eigenvalue weighted by molar-refractivity contribution is 7.80. The van der Waals surface area contributed by atoms with E-state index in [1.54, 1.807) is 0 Å². The Kier molecular flexibility index (Phi) is 2.55. The van der Waals surface area contributed by atoms with Crippen molar-refractivity contribution in [1.29, 1.82) is 0 Å². The van der Waals surface area contributed by atoms with Crippen molar-refractivity contribution in [3.8, 4) is 5.75 Å². The van der Waals surface area contributed by atoms with E-state index in [4.69, 9.17) is 16.3 Å². The molecule has 1 heterocycles. The minimum Gasteiger partial charge on any atom is -0.467 e. The zero-order chi connectivity index (χ0) is 11.2. The van der Waals surface area contributed by atoms with E-state index in [1.165, 1.54) is 0 Å². The average molecular weight is 244 g/mol. The van der Waals surface area contributed by atoms with Crippen molar-refractivity contribution in [2.75, 3.05) is 5.32 Å². The van der Waals surface area contributed by atoms with E-state index < -0.39 is 0 Å². The van der Waals surface area contributed by atoms with Gasteiger partial charge in [0.25, 0.3) is 0 Å². The Labute approximate surface area is 100 Å². The van der Waals surface area contributed by atoms with Gasteiger partial charge in [-0.1, -0.05) is 32.4 Å². The Hall–Kier alpha value is -0.540. The van der Waals surface area contributed by atoms with Crippen LogP contribution in [-0.4, -0.2) is 6.23 Å². The summed E-state index contributed by atoms with van der Waals surface area (Å²) in [5.74, 6) is 0.755. The van der Waals surface area contributed by atoms with Crippen LogP contribution < -0.4 is 10.1 Å². The van der Waals surface area contributed by atoms with Gasteiger partial charge >= 0.3 is 0 Å². The van der Waals surface area contributed by atoms with Crippen molar-refractivity contribution in [2.24, 2.45) is 5.41 Å². The van der Waals surface area contributed by atoms with E-state index in [0.717, 1.165) is 11.4 Å². The van der Waals surface area contributed by atoms with Gasteiger partial charge in [-0.25, -0.2) is 0 Å². The number of benzene rings is 1. The van der Waals surface area contributed by atoms with Crippen LogP contribution in [0, 0.1) is 5.41 Å². The molecule has 0 radical (unpaired) electrons. The SMILES string of the molecule is CC(C)(C)C1Nc2ccc(Cl)c(S)c2O1. The fourth-order valence-corrected chi connectivity index (χ4v) is 1.86. The summed E-state index contributed by atoms with van der Waals surface area (Å²) in [4.78, 5) is 0.702. The molecule has 2 nitrogen and oxygen atoms in total. The third-order valence-electron chi connectivity index (χ3n) is 2.39. The second kappa shape index (κ2) is 3.49. The van der Waals surface area contributed by atoms with Gasteiger partial charge in [-0.05, 0) is 12.1 Å². The molecule has 1 atom stereocenters. The van der Waals surface area contributed by atoms with Crippen LogP contribution in [0.3, 0.4) is 0 Å². The summed E-state index contributed by atoms with van der Waals surface area (Å²) < 4.78 is 5.81. The van der Waals surface area contributed by atoms with Crippen molar-refractivity contribution in [3.63, 3.8) is 0 Å². The fourth-order valence-electron chi connectivity index (χ4n) is 1.46. The molecule has 1 N–H and O–H groups in total. The molecule has 0 saturated heterocycles. The predicted molar refractivity (Wildman–Crippen MR) is 66.2 cm³/mol. The van der Waals surface area contributed by atoms with Crippen LogP contribution in [-0.2, 0) is 0 Å². The molecule has 0 bridgehead atoms. The highest BCUT2D eigenvalue weighted by atomic mass is 35.5. The van der Waals surface area contributed by atoms with Gasteiger partial charge in [-0.2, -0.15) is 0 Å². The number of thiol groups is 1. The van der Waals surface area contributed by atoms with Crippen molar-refractivity contribution in [2.45, 2.75) is 31.9 Å². The van der Waals surface area contributed by atoms with E-state index in [9.17, 15) is 0 Å². The maximum absolute atomic E-state index is 5.97. The highest BCUT2D eigenvalue weighted by Crippen LogP contribution is 2.44. The number of rotatable bonds is 0. The first-order valence-electron chi connectivity index (χ1n) is 4.84. The molecular weight excluding hydrogens is 230 g/mol. The minimum atomic E-state index is -0.0307. The molecule has 0 saturated carbocycles. The molecule has 0 spiro atoms. The number of hydrogen-bond donors (Lipinski definition) is 2. The molecule has 1 aliphatic rings. The summed E-state index contributed by atoms with van der Waals surface area (Å²) in [6.07, 6.45) is -0.0307. The van der Waals surface area contributed by atoms with Crippen LogP contribution in [0.1, 0.15) is 20.8 Å². The lowest BCUT2D eigenvalue weighted by molar-refractivity contribution is 0.125. The van der Waals surface area contributed by atoms with Crippen molar-refractivity contribution < 1.29 is 4.74 Å². The van der Waals surface area contributed by atoms with Gasteiger partial charge in [-0.15, -0.1) is 12.6 Å². The first kappa shape index (κ1) is 11.0. The van der Waals surface area contributed by atoms with Gasteiger partial charge in [0.05, 0.1) is 15.6 Å². The van der Waals surface area contributed by atoms with Gasteiger partial charge in [0.15, 0.2) is 12.0 Å². The van der Waals surface area contributed by atoms with E-state index >= 15 is 0 Å². The van der Waals surface area contributed by atoms with Gasteiger partial charge < -0.3 is 10.1 Å². The summed E-state index contributed by atoms with van der Waals surface area (Å²) in [5, 5.41) is 3.93. The first-order chi connectivity index (χ1) is 6.89. The minimum absolute atomic E-state index is 0.0307. The maximum Gasteiger partial charge on any atom is 0.175 e. The third kappa shape index (κ3) is 1.91. The third-order valence-corrected chi connectivity index (χ3v) is 3.28. The van der Waals surface area contributed by atoms with Crippen molar-refractivity contribution in [3.05, 3.63) is 17.2 Å². The Morgan fingerprint density at radius 1 is 1.40 bits per heavy atom. The zero-order valence-corrected chi connectivity index (χ0v) is 10.6. The van der Waals surface area contributed by atoms with Gasteiger partial charge in [-0.3, -0.25) is 0 Å². The lowest BCUT2D eigenvalue weighted by atomic mass is 9.94. The van der Waals surface area contributed by atoms with Crippen LogP contribution in [0.2, 0.25) is 5.02 Å². The normalized spacial score (nSPS) is 19.4.